The molecular formula is C8H14NO. The van der Waals surface area contributed by atoms with Crippen LogP contribution in [-0.2, 0) is 4.74 Å². The average molecular weight is 140 g/mol. The second-order valence-electron chi connectivity index (χ2n) is 3.30. The van der Waals surface area contributed by atoms with Crippen molar-refractivity contribution in [1.29, 1.82) is 0 Å². The lowest BCUT2D eigenvalue weighted by Gasteiger charge is -2.13. The summed E-state index contributed by atoms with van der Waals surface area (Å²) >= 11 is 0. The van der Waals surface area contributed by atoms with Crippen molar-refractivity contribution in [2.75, 3.05) is 26.3 Å². The molecule has 0 aromatic rings. The maximum atomic E-state index is 5.33. The lowest BCUT2D eigenvalue weighted by molar-refractivity contribution is 0.174. The molecule has 10 heavy (non-hydrogen) atoms. The van der Waals surface area contributed by atoms with Crippen molar-refractivity contribution >= 4 is 0 Å². The highest BCUT2D eigenvalue weighted by molar-refractivity contribution is 4.79. The molecular weight excluding hydrogens is 126 g/mol. The first-order valence-electron chi connectivity index (χ1n) is 4.18. The van der Waals surface area contributed by atoms with Gasteiger partial charge in [0.25, 0.3) is 0 Å². The topological polar surface area (TPSA) is 23.3 Å². The molecule has 0 spiro atoms. The Morgan fingerprint density at radius 1 is 1.20 bits per heavy atom. The minimum absolute atomic E-state index is 0.839. The van der Waals surface area contributed by atoms with Crippen molar-refractivity contribution in [3.05, 3.63) is 0 Å². The Hall–Kier alpha value is -0.0800. The van der Waals surface area contributed by atoms with Gasteiger partial charge in [0.2, 0.25) is 0 Å². The van der Waals surface area contributed by atoms with Crippen LogP contribution < -0.4 is 5.32 Å². The maximum absolute atomic E-state index is 5.33. The van der Waals surface area contributed by atoms with Gasteiger partial charge in [-0.05, 0) is 24.7 Å². The van der Waals surface area contributed by atoms with Crippen molar-refractivity contribution in [2.24, 2.45) is 11.8 Å². The molecule has 2 unspecified atom stereocenters. The smallest absolute Gasteiger partial charge is 0.0498 e. The molecule has 2 atom stereocenters. The second kappa shape index (κ2) is 2.89. The molecule has 2 nitrogen and oxygen atoms in total. The second-order valence-corrected chi connectivity index (χ2v) is 3.30. The molecule has 2 aliphatic heterocycles. The molecule has 0 N–H and O–H groups in total. The number of hydrogen-bond acceptors (Lipinski definition) is 1. The van der Waals surface area contributed by atoms with Crippen LogP contribution in [-0.4, -0.2) is 26.3 Å². The van der Waals surface area contributed by atoms with E-state index < -0.39 is 0 Å². The van der Waals surface area contributed by atoms with Gasteiger partial charge in [0.15, 0.2) is 0 Å². The molecule has 2 aliphatic rings. The van der Waals surface area contributed by atoms with Crippen molar-refractivity contribution in [3.8, 4) is 0 Å². The number of hydrogen-bond donors (Lipinski definition) is 0. The number of rotatable bonds is 1. The quantitative estimate of drug-likeness (QED) is 0.524. The van der Waals surface area contributed by atoms with Gasteiger partial charge in [0, 0.05) is 26.3 Å². The van der Waals surface area contributed by atoms with Gasteiger partial charge in [-0.25, -0.2) is 5.32 Å². The van der Waals surface area contributed by atoms with Crippen molar-refractivity contribution in [2.45, 2.75) is 12.8 Å². The van der Waals surface area contributed by atoms with E-state index in [2.05, 4.69) is 5.32 Å². The summed E-state index contributed by atoms with van der Waals surface area (Å²) in [6, 6.07) is 0. The van der Waals surface area contributed by atoms with Crippen LogP contribution in [0.15, 0.2) is 0 Å². The number of ether oxygens (including phenoxy) is 1. The zero-order valence-electron chi connectivity index (χ0n) is 6.25. The van der Waals surface area contributed by atoms with Gasteiger partial charge in [-0.1, -0.05) is 0 Å². The first-order valence-corrected chi connectivity index (χ1v) is 4.18. The van der Waals surface area contributed by atoms with Gasteiger partial charge >= 0.3 is 0 Å². The molecule has 1 radical (unpaired) electrons. The summed E-state index contributed by atoms with van der Waals surface area (Å²) < 4.78 is 5.33. The van der Waals surface area contributed by atoms with Gasteiger partial charge in [0.1, 0.15) is 0 Å². The molecule has 0 bridgehead atoms. The highest BCUT2D eigenvalue weighted by atomic mass is 16.5. The predicted molar refractivity (Wildman–Crippen MR) is 38.9 cm³/mol. The van der Waals surface area contributed by atoms with Crippen LogP contribution in [0.2, 0.25) is 0 Å². The summed E-state index contributed by atoms with van der Waals surface area (Å²) in [6.07, 6.45) is 2.59. The lowest BCUT2D eigenvalue weighted by Crippen LogP contribution is -2.15. The fraction of sp³-hybridized carbons (Fsp3) is 1.00. The maximum Gasteiger partial charge on any atom is 0.0498 e. The zero-order chi connectivity index (χ0) is 6.81. The van der Waals surface area contributed by atoms with Crippen LogP contribution in [0.4, 0.5) is 0 Å². The minimum Gasteiger partial charge on any atom is -0.381 e. The molecule has 2 heteroatoms. The van der Waals surface area contributed by atoms with Crippen molar-refractivity contribution in [1.82, 2.24) is 5.32 Å². The largest absolute Gasteiger partial charge is 0.381 e. The van der Waals surface area contributed by atoms with Crippen LogP contribution in [0.3, 0.4) is 0 Å². The van der Waals surface area contributed by atoms with Gasteiger partial charge in [0.05, 0.1) is 0 Å². The molecule has 2 rings (SSSR count). The van der Waals surface area contributed by atoms with E-state index in [1.807, 2.05) is 0 Å². The van der Waals surface area contributed by atoms with Gasteiger partial charge in [-0.3, -0.25) is 0 Å². The van der Waals surface area contributed by atoms with E-state index in [-0.39, 0.29) is 0 Å². The third-order valence-electron chi connectivity index (χ3n) is 2.65. The minimum atomic E-state index is 0.839. The van der Waals surface area contributed by atoms with Crippen LogP contribution in [0.5, 0.6) is 0 Å². The summed E-state index contributed by atoms with van der Waals surface area (Å²) in [5.74, 6) is 1.70. The van der Waals surface area contributed by atoms with E-state index in [1.165, 1.54) is 12.8 Å². The summed E-state index contributed by atoms with van der Waals surface area (Å²) in [5, 5.41) is 4.35. The summed E-state index contributed by atoms with van der Waals surface area (Å²) in [7, 11) is 0. The molecule has 2 saturated heterocycles. The Morgan fingerprint density at radius 3 is 2.80 bits per heavy atom. The normalized spacial score (nSPS) is 40.8. The van der Waals surface area contributed by atoms with Gasteiger partial charge < -0.3 is 4.74 Å². The molecule has 2 heterocycles. The molecule has 0 saturated carbocycles. The SMILES string of the molecule is C1CC(C2CCOC2)C[N]1. The van der Waals surface area contributed by atoms with Gasteiger partial charge in [-0.15, -0.1) is 0 Å². The molecule has 57 valence electrons. The van der Waals surface area contributed by atoms with Crippen LogP contribution in [0.1, 0.15) is 12.8 Å². The van der Waals surface area contributed by atoms with E-state index in [0.717, 1.165) is 38.1 Å². The Morgan fingerprint density at radius 2 is 2.20 bits per heavy atom. The highest BCUT2D eigenvalue weighted by Crippen LogP contribution is 2.26. The summed E-state index contributed by atoms with van der Waals surface area (Å²) in [4.78, 5) is 0. The average Bonchev–Trinajstić information content (AvgIpc) is 2.59. The van der Waals surface area contributed by atoms with Crippen molar-refractivity contribution < 1.29 is 4.74 Å². The molecule has 0 aromatic heterocycles. The van der Waals surface area contributed by atoms with E-state index >= 15 is 0 Å². The Balaban J connectivity index is 1.85. The molecule has 2 fully saturated rings. The van der Waals surface area contributed by atoms with Gasteiger partial charge in [-0.2, -0.15) is 0 Å². The van der Waals surface area contributed by atoms with Crippen molar-refractivity contribution in [3.63, 3.8) is 0 Å². The van der Waals surface area contributed by atoms with E-state index in [0.29, 0.717) is 0 Å². The Kier molecular flexibility index (Phi) is 1.91. The van der Waals surface area contributed by atoms with Crippen LogP contribution in [0.25, 0.3) is 0 Å². The lowest BCUT2D eigenvalue weighted by atomic mass is 9.91. The predicted octanol–water partition coefficient (Wildman–Crippen LogP) is 0.647. The Bertz CT molecular complexity index is 89.8. The fourth-order valence-electron chi connectivity index (χ4n) is 1.91. The monoisotopic (exact) mass is 140 g/mol. The zero-order valence-corrected chi connectivity index (χ0v) is 6.25. The molecule has 0 aromatic carbocycles. The molecule has 0 aliphatic carbocycles. The molecule has 0 amide bonds. The summed E-state index contributed by atoms with van der Waals surface area (Å²) in [6.45, 7) is 4.19. The third kappa shape index (κ3) is 1.18. The first kappa shape index (κ1) is 6.62. The Labute approximate surface area is 61.9 Å². The van der Waals surface area contributed by atoms with Crippen LogP contribution in [0, 0.1) is 11.8 Å². The fourth-order valence-corrected chi connectivity index (χ4v) is 1.91. The number of nitrogens with zero attached hydrogens (tertiary/aromatic N) is 1. The third-order valence-corrected chi connectivity index (χ3v) is 2.65. The first-order chi connectivity index (χ1) is 4.97. The van der Waals surface area contributed by atoms with E-state index in [1.54, 1.807) is 0 Å². The summed E-state index contributed by atoms with van der Waals surface area (Å²) in [5.41, 5.74) is 0. The standard InChI is InChI=1S/C8H14NO/c1-3-9-5-7(1)8-2-4-10-6-8/h7-8H,1-6H2. The van der Waals surface area contributed by atoms with Crippen LogP contribution >= 0.6 is 0 Å². The highest BCUT2D eigenvalue weighted by Gasteiger charge is 2.28. The van der Waals surface area contributed by atoms with E-state index in [4.69, 9.17) is 4.74 Å². The van der Waals surface area contributed by atoms with E-state index in [9.17, 15) is 0 Å².